The third kappa shape index (κ3) is 5.59. The highest BCUT2D eigenvalue weighted by Gasteiger charge is 2.27. The number of fused-ring (bicyclic) bond motifs is 1. The Balaban J connectivity index is 1.61. The first-order chi connectivity index (χ1) is 17.1. The fraction of sp³-hybridized carbons (Fsp3) is 0.115. The van der Waals surface area contributed by atoms with Crippen LogP contribution in [0.1, 0.15) is 34.6 Å². The minimum Gasteiger partial charge on any atom is -0.494 e. The van der Waals surface area contributed by atoms with Crippen LogP contribution in [0.15, 0.2) is 88.8 Å². The maximum atomic E-state index is 13.2. The summed E-state index contributed by atoms with van der Waals surface area (Å²) in [4.78, 5) is 38.3. The summed E-state index contributed by atoms with van der Waals surface area (Å²) in [5.74, 6) is -0.368. The van der Waals surface area contributed by atoms with Crippen LogP contribution in [0.4, 0.5) is 0 Å². The Morgan fingerprint density at radius 1 is 1.00 bits per heavy atom. The van der Waals surface area contributed by atoms with E-state index in [1.54, 1.807) is 78.9 Å². The first-order valence-corrected chi connectivity index (χ1v) is 11.0. The molecule has 0 fully saturated rings. The minimum atomic E-state index is -1.22. The van der Waals surface area contributed by atoms with Gasteiger partial charge in [-0.3, -0.25) is 14.4 Å². The lowest BCUT2D eigenvalue weighted by Gasteiger charge is -2.18. The van der Waals surface area contributed by atoms with Crippen molar-refractivity contribution in [2.24, 2.45) is 5.10 Å². The first-order valence-electron chi connectivity index (χ1n) is 11.0. The second kappa shape index (κ2) is 10.9. The molecule has 2 amide bonds. The highest BCUT2D eigenvalue weighted by atomic mass is 16.5. The van der Waals surface area contributed by atoms with E-state index in [2.05, 4.69) is 26.0 Å². The van der Waals surface area contributed by atoms with Crippen LogP contribution in [-0.4, -0.2) is 34.8 Å². The maximum Gasteiger partial charge on any atom is 0.272 e. The van der Waals surface area contributed by atoms with E-state index in [1.165, 1.54) is 6.21 Å². The summed E-state index contributed by atoms with van der Waals surface area (Å²) in [6.07, 6.45) is 1.47. The van der Waals surface area contributed by atoms with Gasteiger partial charge in [0.05, 0.1) is 18.2 Å². The molecule has 9 nitrogen and oxygen atoms in total. The van der Waals surface area contributed by atoms with E-state index in [1.807, 2.05) is 6.92 Å². The average molecular weight is 470 g/mol. The number of nitrogens with zero attached hydrogens (tertiary/aromatic N) is 2. The summed E-state index contributed by atoms with van der Waals surface area (Å²) in [5, 5.41) is 14.0. The van der Waals surface area contributed by atoms with Crippen molar-refractivity contribution < 1.29 is 14.3 Å². The lowest BCUT2D eigenvalue weighted by molar-refractivity contribution is -0.123. The number of aromatic amines is 1. The molecule has 1 atom stereocenters. The number of ether oxygens (including phenoxy) is 1. The number of nitrogens with one attached hydrogen (secondary N) is 3. The second-order valence-corrected chi connectivity index (χ2v) is 7.49. The normalized spacial score (nSPS) is 11.8. The fourth-order valence-corrected chi connectivity index (χ4v) is 3.47. The molecule has 3 N–H and O–H groups in total. The molecule has 1 aromatic heterocycles. The largest absolute Gasteiger partial charge is 0.494 e. The highest BCUT2D eigenvalue weighted by Crippen LogP contribution is 2.20. The summed E-state index contributed by atoms with van der Waals surface area (Å²) in [7, 11) is 0. The zero-order valence-corrected chi connectivity index (χ0v) is 18.9. The number of hydrogen-bond donors (Lipinski definition) is 3. The van der Waals surface area contributed by atoms with Gasteiger partial charge in [-0.25, -0.2) is 10.5 Å². The third-order valence-corrected chi connectivity index (χ3v) is 5.15. The van der Waals surface area contributed by atoms with Crippen LogP contribution in [0.5, 0.6) is 5.75 Å². The molecule has 0 spiro atoms. The summed E-state index contributed by atoms with van der Waals surface area (Å²) in [6, 6.07) is 21.2. The molecule has 9 heteroatoms. The molecule has 0 bridgehead atoms. The molecule has 1 heterocycles. The number of carbonyl (C=O) groups is 2. The van der Waals surface area contributed by atoms with E-state index < -0.39 is 23.4 Å². The van der Waals surface area contributed by atoms with Crippen LogP contribution in [0, 0.1) is 0 Å². The molecule has 3 aromatic carbocycles. The SMILES string of the molecule is CCOc1ccc(/C=N\NC(=O)[C@H](NC(=O)c2ccccc2)c2n[nH]c(=O)c3ccccc23)cc1. The number of aromatic nitrogens is 2. The lowest BCUT2D eigenvalue weighted by Crippen LogP contribution is -2.40. The van der Waals surface area contributed by atoms with Gasteiger partial charge in [-0.05, 0) is 55.0 Å². The van der Waals surface area contributed by atoms with E-state index in [0.717, 1.165) is 11.3 Å². The Bertz CT molecular complexity index is 1420. The van der Waals surface area contributed by atoms with E-state index in [0.29, 0.717) is 22.9 Å². The molecule has 0 aliphatic heterocycles. The molecule has 0 saturated carbocycles. The number of benzene rings is 3. The summed E-state index contributed by atoms with van der Waals surface area (Å²) in [5.41, 5.74) is 3.37. The molecule has 0 aliphatic rings. The molecule has 0 saturated heterocycles. The molecule has 0 unspecified atom stereocenters. The van der Waals surface area contributed by atoms with Gasteiger partial charge in [0.2, 0.25) is 0 Å². The quantitative estimate of drug-likeness (QED) is 0.270. The van der Waals surface area contributed by atoms with Gasteiger partial charge >= 0.3 is 0 Å². The van der Waals surface area contributed by atoms with Crippen LogP contribution < -0.4 is 21.0 Å². The van der Waals surface area contributed by atoms with Crippen molar-refractivity contribution in [1.29, 1.82) is 0 Å². The third-order valence-electron chi connectivity index (χ3n) is 5.15. The standard InChI is InChI=1S/C26H23N5O4/c1-2-35-19-14-12-17(13-15-19)16-27-30-26(34)23(28-24(32)18-8-4-3-5-9-18)22-20-10-6-7-11-21(20)25(33)31-29-22/h3-16,23H,2H2,1H3,(H,28,32)(H,30,34)(H,31,33)/b27-16-/t23-/m1/s1. The summed E-state index contributed by atoms with van der Waals surface area (Å²) in [6.45, 7) is 2.46. The minimum absolute atomic E-state index is 0.193. The number of amides is 2. The Labute approximate surface area is 200 Å². The van der Waals surface area contributed by atoms with E-state index in [-0.39, 0.29) is 5.69 Å². The van der Waals surface area contributed by atoms with Gasteiger partial charge in [0.1, 0.15) is 11.4 Å². The molecule has 0 aliphatic carbocycles. The molecule has 176 valence electrons. The van der Waals surface area contributed by atoms with Crippen molar-refractivity contribution in [3.05, 3.63) is 106 Å². The van der Waals surface area contributed by atoms with Crippen LogP contribution >= 0.6 is 0 Å². The van der Waals surface area contributed by atoms with Gasteiger partial charge < -0.3 is 10.1 Å². The van der Waals surface area contributed by atoms with Crippen LogP contribution in [0.25, 0.3) is 10.8 Å². The Morgan fingerprint density at radius 3 is 2.40 bits per heavy atom. The van der Waals surface area contributed by atoms with Gasteiger partial charge in [0, 0.05) is 10.9 Å². The molecule has 35 heavy (non-hydrogen) atoms. The maximum absolute atomic E-state index is 13.2. The summed E-state index contributed by atoms with van der Waals surface area (Å²) >= 11 is 0. The van der Waals surface area contributed by atoms with E-state index in [4.69, 9.17) is 4.74 Å². The smallest absolute Gasteiger partial charge is 0.272 e. The van der Waals surface area contributed by atoms with E-state index >= 15 is 0 Å². The van der Waals surface area contributed by atoms with Gasteiger partial charge in [0.15, 0.2) is 6.04 Å². The van der Waals surface area contributed by atoms with Crippen molar-refractivity contribution in [2.45, 2.75) is 13.0 Å². The first kappa shape index (κ1) is 23.4. The number of carbonyl (C=O) groups excluding carboxylic acids is 2. The number of rotatable bonds is 8. The van der Waals surface area contributed by atoms with Crippen molar-refractivity contribution in [1.82, 2.24) is 20.9 Å². The predicted octanol–water partition coefficient (Wildman–Crippen LogP) is 2.94. The molecule has 4 rings (SSSR count). The van der Waals surface area contributed by atoms with Crippen LogP contribution in [0.2, 0.25) is 0 Å². The Kier molecular flexibility index (Phi) is 7.27. The molecular weight excluding hydrogens is 446 g/mol. The van der Waals surface area contributed by atoms with Gasteiger partial charge in [-0.1, -0.05) is 36.4 Å². The van der Waals surface area contributed by atoms with Crippen LogP contribution in [-0.2, 0) is 4.79 Å². The fourth-order valence-electron chi connectivity index (χ4n) is 3.47. The predicted molar refractivity (Wildman–Crippen MR) is 132 cm³/mol. The van der Waals surface area contributed by atoms with Crippen molar-refractivity contribution in [3.63, 3.8) is 0 Å². The van der Waals surface area contributed by atoms with Gasteiger partial charge in [0.25, 0.3) is 17.4 Å². The molecular formula is C26H23N5O4. The van der Waals surface area contributed by atoms with Crippen molar-refractivity contribution in [3.8, 4) is 5.75 Å². The zero-order chi connectivity index (χ0) is 24.6. The number of hydrazone groups is 1. The highest BCUT2D eigenvalue weighted by molar-refractivity contribution is 5.99. The lowest BCUT2D eigenvalue weighted by atomic mass is 10.0. The molecule has 4 aromatic rings. The summed E-state index contributed by atoms with van der Waals surface area (Å²) < 4.78 is 5.41. The van der Waals surface area contributed by atoms with Gasteiger partial charge in [-0.15, -0.1) is 0 Å². The Hall–Kier alpha value is -4.79. The second-order valence-electron chi connectivity index (χ2n) is 7.49. The van der Waals surface area contributed by atoms with Crippen molar-refractivity contribution in [2.75, 3.05) is 6.61 Å². The Morgan fingerprint density at radius 2 is 1.69 bits per heavy atom. The van der Waals surface area contributed by atoms with Crippen LogP contribution in [0.3, 0.4) is 0 Å². The van der Waals surface area contributed by atoms with Gasteiger partial charge in [-0.2, -0.15) is 10.2 Å². The topological polar surface area (TPSA) is 126 Å². The van der Waals surface area contributed by atoms with E-state index in [9.17, 15) is 14.4 Å². The number of H-pyrrole nitrogens is 1. The average Bonchev–Trinajstić information content (AvgIpc) is 2.89. The van der Waals surface area contributed by atoms with Crippen molar-refractivity contribution >= 4 is 28.8 Å². The monoisotopic (exact) mass is 469 g/mol. The molecule has 0 radical (unpaired) electrons. The number of hydrogen-bond acceptors (Lipinski definition) is 6. The zero-order valence-electron chi connectivity index (χ0n) is 18.9.